The number of hydrogen-bond donors (Lipinski definition) is 1. The first-order valence-corrected chi connectivity index (χ1v) is 7.74. The number of piperidine rings is 1. The lowest BCUT2D eigenvalue weighted by molar-refractivity contribution is 0.0690. The molecule has 1 aromatic carbocycles. The van der Waals surface area contributed by atoms with Crippen LogP contribution in [0.15, 0.2) is 24.3 Å². The molecule has 1 fully saturated rings. The summed E-state index contributed by atoms with van der Waals surface area (Å²) in [5, 5.41) is 10.5. The van der Waals surface area contributed by atoms with Gasteiger partial charge in [-0.25, -0.2) is 0 Å². The fourth-order valence-corrected chi connectivity index (χ4v) is 2.90. The third-order valence-corrected chi connectivity index (χ3v) is 4.43. The lowest BCUT2D eigenvalue weighted by Crippen LogP contribution is -2.40. The summed E-state index contributed by atoms with van der Waals surface area (Å²) in [6, 6.07) is 7.81. The van der Waals surface area contributed by atoms with Crippen molar-refractivity contribution in [1.29, 1.82) is 0 Å². The molecule has 3 atom stereocenters. The van der Waals surface area contributed by atoms with Gasteiger partial charge in [-0.15, -0.1) is 0 Å². The number of para-hydroxylation sites is 1. The summed E-state index contributed by atoms with van der Waals surface area (Å²) in [6.07, 6.45) is 0.749. The highest BCUT2D eigenvalue weighted by atomic mass is 16.5. The highest BCUT2D eigenvalue weighted by Crippen LogP contribution is 2.28. The molecule has 0 bridgehead atoms. The predicted molar refractivity (Wildman–Crippen MR) is 82.0 cm³/mol. The average molecular weight is 277 g/mol. The number of ether oxygens (including phenoxy) is 1. The van der Waals surface area contributed by atoms with E-state index in [9.17, 15) is 5.11 Å². The standard InChI is InChI=1S/C17H27NO2/c1-4-20-17-8-6-5-7-15(17)16(19)12-18-10-9-13(2)14(3)11-18/h5-8,13-14,16,19H,4,9-12H2,1-3H3. The van der Waals surface area contributed by atoms with E-state index in [1.165, 1.54) is 6.42 Å². The molecule has 3 heteroatoms. The van der Waals surface area contributed by atoms with Gasteiger partial charge in [0, 0.05) is 18.7 Å². The summed E-state index contributed by atoms with van der Waals surface area (Å²) in [7, 11) is 0. The van der Waals surface area contributed by atoms with Gasteiger partial charge in [0.25, 0.3) is 0 Å². The minimum atomic E-state index is -0.474. The summed E-state index contributed by atoms with van der Waals surface area (Å²) < 4.78 is 5.61. The van der Waals surface area contributed by atoms with Crippen LogP contribution >= 0.6 is 0 Å². The van der Waals surface area contributed by atoms with Gasteiger partial charge in [0.1, 0.15) is 5.75 Å². The summed E-state index contributed by atoms with van der Waals surface area (Å²) in [5.74, 6) is 2.30. The van der Waals surface area contributed by atoms with Crippen LogP contribution in [0.5, 0.6) is 5.75 Å². The maximum Gasteiger partial charge on any atom is 0.125 e. The van der Waals surface area contributed by atoms with Crippen LogP contribution in [-0.4, -0.2) is 36.2 Å². The Morgan fingerprint density at radius 3 is 2.75 bits per heavy atom. The van der Waals surface area contributed by atoms with E-state index in [0.29, 0.717) is 19.1 Å². The Labute approximate surface area is 122 Å². The predicted octanol–water partition coefficient (Wildman–Crippen LogP) is 3.10. The van der Waals surface area contributed by atoms with Crippen molar-refractivity contribution >= 4 is 0 Å². The van der Waals surface area contributed by atoms with Crippen LogP contribution in [0, 0.1) is 11.8 Å². The molecule has 20 heavy (non-hydrogen) atoms. The molecular formula is C17H27NO2. The van der Waals surface area contributed by atoms with Gasteiger partial charge in [0.15, 0.2) is 0 Å². The second kappa shape index (κ2) is 7.09. The fraction of sp³-hybridized carbons (Fsp3) is 0.647. The van der Waals surface area contributed by atoms with Crippen LogP contribution in [0.1, 0.15) is 38.9 Å². The number of nitrogens with zero attached hydrogens (tertiary/aromatic N) is 1. The molecule has 3 nitrogen and oxygen atoms in total. The number of aliphatic hydroxyl groups excluding tert-OH is 1. The van der Waals surface area contributed by atoms with E-state index in [2.05, 4.69) is 18.7 Å². The van der Waals surface area contributed by atoms with Crippen LogP contribution in [0.2, 0.25) is 0 Å². The molecule has 1 N–H and O–H groups in total. The molecule has 1 saturated heterocycles. The van der Waals surface area contributed by atoms with Crippen LogP contribution in [0.4, 0.5) is 0 Å². The zero-order chi connectivity index (χ0) is 14.5. The second-order valence-electron chi connectivity index (χ2n) is 5.99. The third kappa shape index (κ3) is 3.74. The van der Waals surface area contributed by atoms with E-state index in [-0.39, 0.29) is 0 Å². The fourth-order valence-electron chi connectivity index (χ4n) is 2.90. The first-order chi connectivity index (χ1) is 9.61. The highest BCUT2D eigenvalue weighted by molar-refractivity contribution is 5.35. The normalized spacial score (nSPS) is 25.4. The van der Waals surface area contributed by atoms with Crippen molar-refractivity contribution in [3.63, 3.8) is 0 Å². The molecule has 2 rings (SSSR count). The zero-order valence-electron chi connectivity index (χ0n) is 12.9. The van der Waals surface area contributed by atoms with Gasteiger partial charge in [0.2, 0.25) is 0 Å². The Kier molecular flexibility index (Phi) is 5.44. The maximum absolute atomic E-state index is 10.5. The number of benzene rings is 1. The van der Waals surface area contributed by atoms with Crippen molar-refractivity contribution < 1.29 is 9.84 Å². The Hall–Kier alpha value is -1.06. The van der Waals surface area contributed by atoms with Gasteiger partial charge in [-0.3, -0.25) is 0 Å². The first kappa shape index (κ1) is 15.3. The highest BCUT2D eigenvalue weighted by Gasteiger charge is 2.25. The molecule has 1 aliphatic rings. The van der Waals surface area contributed by atoms with Gasteiger partial charge >= 0.3 is 0 Å². The van der Waals surface area contributed by atoms with E-state index < -0.39 is 6.10 Å². The number of hydrogen-bond acceptors (Lipinski definition) is 3. The Morgan fingerprint density at radius 1 is 1.30 bits per heavy atom. The molecule has 1 aliphatic heterocycles. The topological polar surface area (TPSA) is 32.7 Å². The smallest absolute Gasteiger partial charge is 0.125 e. The third-order valence-electron chi connectivity index (χ3n) is 4.43. The number of aliphatic hydroxyl groups is 1. The van der Waals surface area contributed by atoms with E-state index >= 15 is 0 Å². The molecule has 0 aliphatic carbocycles. The van der Waals surface area contributed by atoms with Crippen molar-refractivity contribution in [3.8, 4) is 5.75 Å². The average Bonchev–Trinajstić information content (AvgIpc) is 2.44. The maximum atomic E-state index is 10.5. The van der Waals surface area contributed by atoms with Crippen molar-refractivity contribution in [2.24, 2.45) is 11.8 Å². The monoisotopic (exact) mass is 277 g/mol. The van der Waals surface area contributed by atoms with Crippen molar-refractivity contribution in [2.45, 2.75) is 33.3 Å². The summed E-state index contributed by atoms with van der Waals surface area (Å²) >= 11 is 0. The summed E-state index contributed by atoms with van der Waals surface area (Å²) in [5.41, 5.74) is 0.903. The van der Waals surface area contributed by atoms with Crippen molar-refractivity contribution in [3.05, 3.63) is 29.8 Å². The first-order valence-electron chi connectivity index (χ1n) is 7.74. The lowest BCUT2D eigenvalue weighted by Gasteiger charge is -2.36. The zero-order valence-corrected chi connectivity index (χ0v) is 12.9. The number of rotatable bonds is 5. The molecule has 0 aromatic heterocycles. The van der Waals surface area contributed by atoms with Gasteiger partial charge in [0.05, 0.1) is 12.7 Å². The lowest BCUT2D eigenvalue weighted by atomic mass is 9.88. The van der Waals surface area contributed by atoms with Crippen molar-refractivity contribution in [1.82, 2.24) is 4.90 Å². The minimum Gasteiger partial charge on any atom is -0.493 e. The molecule has 112 valence electrons. The van der Waals surface area contributed by atoms with Gasteiger partial charge < -0.3 is 14.7 Å². The Bertz CT molecular complexity index is 421. The molecule has 0 amide bonds. The molecule has 0 saturated carbocycles. The van der Waals surface area contributed by atoms with Gasteiger partial charge in [-0.2, -0.15) is 0 Å². The molecule has 1 aromatic rings. The largest absolute Gasteiger partial charge is 0.493 e. The number of β-amino-alcohol motifs (C(OH)–C–C–N with tert-alkyl or cyclic N) is 1. The van der Waals surface area contributed by atoms with Crippen molar-refractivity contribution in [2.75, 3.05) is 26.2 Å². The summed E-state index contributed by atoms with van der Waals surface area (Å²) in [6.45, 7) is 10.1. The Balaban J connectivity index is 1.99. The van der Waals surface area contributed by atoms with Crippen LogP contribution in [0.3, 0.4) is 0 Å². The Morgan fingerprint density at radius 2 is 2.05 bits per heavy atom. The molecule has 1 heterocycles. The quantitative estimate of drug-likeness (QED) is 0.897. The van der Waals surface area contributed by atoms with E-state index in [0.717, 1.165) is 30.3 Å². The van der Waals surface area contributed by atoms with Crippen LogP contribution < -0.4 is 4.74 Å². The summed E-state index contributed by atoms with van der Waals surface area (Å²) in [4.78, 5) is 2.37. The van der Waals surface area contributed by atoms with Gasteiger partial charge in [-0.05, 0) is 37.8 Å². The van der Waals surface area contributed by atoms with Crippen LogP contribution in [-0.2, 0) is 0 Å². The molecule has 3 unspecified atom stereocenters. The van der Waals surface area contributed by atoms with E-state index in [4.69, 9.17) is 4.74 Å². The SMILES string of the molecule is CCOc1ccccc1C(O)CN1CCC(C)C(C)C1. The van der Waals surface area contributed by atoms with Crippen LogP contribution in [0.25, 0.3) is 0 Å². The minimum absolute atomic E-state index is 0.474. The van der Waals surface area contributed by atoms with E-state index in [1.807, 2.05) is 31.2 Å². The molecule has 0 radical (unpaired) electrons. The molecule has 0 spiro atoms. The van der Waals surface area contributed by atoms with Gasteiger partial charge in [-0.1, -0.05) is 32.0 Å². The van der Waals surface area contributed by atoms with E-state index in [1.54, 1.807) is 0 Å². The number of likely N-dealkylation sites (tertiary alicyclic amines) is 1. The molecular weight excluding hydrogens is 250 g/mol. The second-order valence-corrected chi connectivity index (χ2v) is 5.99.